The molecule has 0 unspecified atom stereocenters. The fraction of sp³-hybridized carbons (Fsp3) is 0.115. The van der Waals surface area contributed by atoms with E-state index in [1.807, 2.05) is 79.3 Å². The molecule has 4 nitrogen and oxygen atoms in total. The lowest BCUT2D eigenvalue weighted by atomic mass is 10.1. The van der Waals surface area contributed by atoms with Crippen molar-refractivity contribution in [2.75, 3.05) is 0 Å². The number of allylic oxidation sites excluding steroid dienone is 1. The number of carbonyl (C=O) groups is 1. The minimum absolute atomic E-state index is 0.118. The van der Waals surface area contributed by atoms with Crippen molar-refractivity contribution in [3.63, 3.8) is 0 Å². The monoisotopic (exact) mass is 429 g/mol. The number of ether oxygens (including phenoxy) is 2. The summed E-state index contributed by atoms with van der Waals surface area (Å²) in [6, 6.07) is 19.2. The minimum Gasteiger partial charge on any atom is -0.488 e. The van der Waals surface area contributed by atoms with Crippen molar-refractivity contribution in [2.45, 2.75) is 13.5 Å². The van der Waals surface area contributed by atoms with Gasteiger partial charge in [-0.05, 0) is 48.9 Å². The van der Waals surface area contributed by atoms with Crippen LogP contribution in [0.5, 0.6) is 11.5 Å². The third-order valence-electron chi connectivity index (χ3n) is 5.53. The first-order chi connectivity index (χ1) is 15.0. The van der Waals surface area contributed by atoms with Gasteiger partial charge in [-0.3, -0.25) is 4.79 Å². The van der Waals surface area contributed by atoms with Crippen LogP contribution in [0.1, 0.15) is 27.0 Å². The maximum absolute atomic E-state index is 13.0. The largest absolute Gasteiger partial charge is 0.488 e. The Morgan fingerprint density at radius 2 is 1.94 bits per heavy atom. The molecule has 1 aliphatic heterocycles. The zero-order valence-corrected chi connectivity index (χ0v) is 17.9. The van der Waals surface area contributed by atoms with Crippen molar-refractivity contribution in [3.8, 4) is 11.5 Å². The molecule has 5 rings (SSSR count). The molecule has 0 N–H and O–H groups in total. The third kappa shape index (κ3) is 3.49. The summed E-state index contributed by atoms with van der Waals surface area (Å²) in [5, 5.41) is 1.75. The Morgan fingerprint density at radius 1 is 1.10 bits per heavy atom. The van der Waals surface area contributed by atoms with Crippen LogP contribution in [-0.2, 0) is 13.7 Å². The van der Waals surface area contributed by atoms with Gasteiger partial charge in [-0.25, -0.2) is 0 Å². The Bertz CT molecular complexity index is 1370. The molecule has 0 atom stereocenters. The van der Waals surface area contributed by atoms with Crippen LogP contribution in [0.3, 0.4) is 0 Å². The van der Waals surface area contributed by atoms with Gasteiger partial charge in [-0.1, -0.05) is 41.9 Å². The van der Waals surface area contributed by atoms with E-state index in [1.54, 1.807) is 6.07 Å². The van der Waals surface area contributed by atoms with Gasteiger partial charge in [-0.2, -0.15) is 0 Å². The highest BCUT2D eigenvalue weighted by Crippen LogP contribution is 2.40. The molecule has 3 aromatic carbocycles. The predicted octanol–water partition coefficient (Wildman–Crippen LogP) is 6.34. The lowest BCUT2D eigenvalue weighted by molar-refractivity contribution is 0.101. The van der Waals surface area contributed by atoms with Gasteiger partial charge in [0.1, 0.15) is 18.1 Å². The molecule has 5 heteroatoms. The number of Topliss-reactive ketones (excluding diaryl/α,β-unsaturated/α-hetero) is 1. The number of aromatic nitrogens is 1. The zero-order chi connectivity index (χ0) is 21.5. The van der Waals surface area contributed by atoms with Crippen molar-refractivity contribution < 1.29 is 14.3 Å². The second-order valence-electron chi connectivity index (χ2n) is 7.64. The van der Waals surface area contributed by atoms with Crippen LogP contribution in [0.15, 0.2) is 72.6 Å². The molecule has 0 fully saturated rings. The highest BCUT2D eigenvalue weighted by molar-refractivity contribution is 6.30. The molecule has 0 amide bonds. The normalized spacial score (nSPS) is 14.2. The van der Waals surface area contributed by atoms with Gasteiger partial charge < -0.3 is 14.0 Å². The summed E-state index contributed by atoms with van der Waals surface area (Å²) >= 11 is 6.05. The summed E-state index contributed by atoms with van der Waals surface area (Å²) in [5.41, 5.74) is 4.38. The van der Waals surface area contributed by atoms with Crippen molar-refractivity contribution in [3.05, 3.63) is 99.9 Å². The fourth-order valence-electron chi connectivity index (χ4n) is 3.94. The number of benzene rings is 3. The van der Waals surface area contributed by atoms with Gasteiger partial charge in [0.2, 0.25) is 5.78 Å². The van der Waals surface area contributed by atoms with Crippen LogP contribution in [0.25, 0.3) is 17.0 Å². The van der Waals surface area contributed by atoms with Crippen molar-refractivity contribution in [1.82, 2.24) is 4.57 Å². The summed E-state index contributed by atoms with van der Waals surface area (Å²) in [4.78, 5) is 13.0. The van der Waals surface area contributed by atoms with Crippen LogP contribution in [0.2, 0.25) is 5.02 Å². The molecule has 0 aliphatic carbocycles. The number of halogens is 1. The molecule has 0 spiro atoms. The van der Waals surface area contributed by atoms with Crippen LogP contribution in [0.4, 0.5) is 0 Å². The number of ketones is 1. The first-order valence-corrected chi connectivity index (χ1v) is 10.4. The van der Waals surface area contributed by atoms with Gasteiger partial charge >= 0.3 is 0 Å². The summed E-state index contributed by atoms with van der Waals surface area (Å²) in [6.45, 7) is 2.28. The Balaban J connectivity index is 1.44. The number of hydrogen-bond acceptors (Lipinski definition) is 3. The van der Waals surface area contributed by atoms with Crippen LogP contribution < -0.4 is 9.47 Å². The van der Waals surface area contributed by atoms with E-state index in [1.165, 1.54) is 0 Å². The van der Waals surface area contributed by atoms with Gasteiger partial charge in [0.25, 0.3) is 0 Å². The molecule has 31 heavy (non-hydrogen) atoms. The average molecular weight is 430 g/mol. The third-order valence-corrected chi connectivity index (χ3v) is 5.77. The van der Waals surface area contributed by atoms with Gasteiger partial charge in [0, 0.05) is 40.3 Å². The van der Waals surface area contributed by atoms with Crippen molar-refractivity contribution in [2.24, 2.45) is 7.05 Å². The summed E-state index contributed by atoms with van der Waals surface area (Å²) in [6.07, 6.45) is 3.82. The van der Waals surface area contributed by atoms with Crippen molar-refractivity contribution >= 4 is 34.4 Å². The lowest BCUT2D eigenvalue weighted by Gasteiger charge is -2.11. The lowest BCUT2D eigenvalue weighted by Crippen LogP contribution is -1.98. The highest BCUT2D eigenvalue weighted by Gasteiger charge is 2.30. The van der Waals surface area contributed by atoms with E-state index < -0.39 is 0 Å². The summed E-state index contributed by atoms with van der Waals surface area (Å²) < 4.78 is 14.0. The number of nitrogens with zero attached hydrogens (tertiary/aromatic N) is 1. The predicted molar refractivity (Wildman–Crippen MR) is 123 cm³/mol. The SMILES string of the molecule is Cc1c(OCc2cccc(Cl)c2)ccc2c1O/C(=C\c1cn(C)c3ccccc13)C2=O. The molecule has 2 heterocycles. The molecular formula is C26H20ClNO3. The number of aryl methyl sites for hydroxylation is 1. The molecule has 0 bridgehead atoms. The van der Waals surface area contributed by atoms with E-state index >= 15 is 0 Å². The number of rotatable bonds is 4. The van der Waals surface area contributed by atoms with E-state index in [4.69, 9.17) is 21.1 Å². The van der Waals surface area contributed by atoms with E-state index in [2.05, 4.69) is 6.07 Å². The van der Waals surface area contributed by atoms with Gasteiger partial charge in [-0.15, -0.1) is 0 Å². The Morgan fingerprint density at radius 3 is 2.77 bits per heavy atom. The van der Waals surface area contributed by atoms with E-state index in [-0.39, 0.29) is 5.78 Å². The zero-order valence-electron chi connectivity index (χ0n) is 17.2. The summed E-state index contributed by atoms with van der Waals surface area (Å²) in [5.74, 6) is 1.44. The van der Waals surface area contributed by atoms with Crippen LogP contribution in [0, 0.1) is 6.92 Å². The van der Waals surface area contributed by atoms with Gasteiger partial charge in [0.05, 0.1) is 5.56 Å². The topological polar surface area (TPSA) is 40.5 Å². The quantitative estimate of drug-likeness (QED) is 0.355. The minimum atomic E-state index is -0.118. The number of hydrogen-bond donors (Lipinski definition) is 0. The average Bonchev–Trinajstić information content (AvgIpc) is 3.26. The molecule has 154 valence electrons. The van der Waals surface area contributed by atoms with Crippen LogP contribution >= 0.6 is 11.6 Å². The molecule has 1 aromatic heterocycles. The molecule has 0 saturated carbocycles. The van der Waals surface area contributed by atoms with Crippen molar-refractivity contribution in [1.29, 1.82) is 0 Å². The number of para-hydroxylation sites is 1. The smallest absolute Gasteiger partial charge is 0.231 e. The summed E-state index contributed by atoms with van der Waals surface area (Å²) in [7, 11) is 1.99. The fourth-order valence-corrected chi connectivity index (χ4v) is 4.15. The maximum Gasteiger partial charge on any atom is 0.231 e. The molecular weight excluding hydrogens is 410 g/mol. The Hall–Kier alpha value is -3.50. The maximum atomic E-state index is 13.0. The second kappa shape index (κ2) is 7.64. The van der Waals surface area contributed by atoms with Gasteiger partial charge in [0.15, 0.2) is 5.76 Å². The first-order valence-electron chi connectivity index (χ1n) is 10.0. The molecule has 1 aliphatic rings. The van der Waals surface area contributed by atoms with E-state index in [9.17, 15) is 4.79 Å². The highest BCUT2D eigenvalue weighted by atomic mass is 35.5. The van der Waals surface area contributed by atoms with E-state index in [0.29, 0.717) is 34.5 Å². The Labute approximate surface area is 185 Å². The number of carbonyl (C=O) groups excluding carboxylic acids is 1. The second-order valence-corrected chi connectivity index (χ2v) is 8.07. The first kappa shape index (κ1) is 19.5. The molecule has 0 saturated heterocycles. The molecule has 0 radical (unpaired) electrons. The Kier molecular flexibility index (Phi) is 4.79. The van der Waals surface area contributed by atoms with E-state index in [0.717, 1.165) is 27.6 Å². The standard InChI is InChI=1S/C26H20ClNO3/c1-16-23(30-15-17-6-5-7-19(27)12-17)11-10-21-25(29)24(31-26(16)21)13-18-14-28(2)22-9-4-3-8-20(18)22/h3-14H,15H2,1-2H3/b24-13-. The van der Waals surface area contributed by atoms with Crippen LogP contribution in [-0.4, -0.2) is 10.4 Å². The number of fused-ring (bicyclic) bond motifs is 2. The molecule has 4 aromatic rings.